The summed E-state index contributed by atoms with van der Waals surface area (Å²) in [5.41, 5.74) is -0.595. The Hall–Kier alpha value is -2.33. The van der Waals surface area contributed by atoms with Gasteiger partial charge in [-0.1, -0.05) is 93.5 Å². The van der Waals surface area contributed by atoms with Crippen LogP contribution in [-0.4, -0.2) is 123 Å². The molecule has 2 rings (SSSR count). The van der Waals surface area contributed by atoms with Gasteiger partial charge >= 0.3 is 0 Å². The Bertz CT molecular complexity index is 1520. The zero-order chi connectivity index (χ0) is 46.5. The molecular weight excluding hydrogens is 801 g/mol. The third-order valence-electron chi connectivity index (χ3n) is 11.3. The van der Waals surface area contributed by atoms with Gasteiger partial charge in [-0.05, 0) is 95.6 Å². The third kappa shape index (κ3) is 19.5. The summed E-state index contributed by atoms with van der Waals surface area (Å²) in [7, 11) is -3.74. The van der Waals surface area contributed by atoms with E-state index in [9.17, 15) is 49.3 Å². The molecule has 0 heterocycles. The maximum absolute atomic E-state index is 13.7. The quantitative estimate of drug-likeness (QED) is 0.0495. The lowest BCUT2D eigenvalue weighted by Gasteiger charge is -2.38. The number of aliphatic hydroxyl groups excluding tert-OH is 8. The highest BCUT2D eigenvalue weighted by Gasteiger charge is 2.40. The lowest BCUT2D eigenvalue weighted by Crippen LogP contribution is -2.45. The first-order chi connectivity index (χ1) is 28.0. The smallest absolute Gasteiger partial charge is 0.150 e. The van der Waals surface area contributed by atoms with Crippen LogP contribution in [0.1, 0.15) is 145 Å². The molecule has 4 atom stereocenters. The minimum absolute atomic E-state index is 0.0681. The molecular formula is C48H82O12S. The Morgan fingerprint density at radius 3 is 0.967 bits per heavy atom. The number of hydrogen-bond acceptors (Lipinski definition) is 12. The van der Waals surface area contributed by atoms with E-state index in [1.807, 2.05) is 24.3 Å². The predicted molar refractivity (Wildman–Crippen MR) is 242 cm³/mol. The highest BCUT2D eigenvalue weighted by Crippen LogP contribution is 2.40. The van der Waals surface area contributed by atoms with Crippen molar-refractivity contribution in [1.82, 2.24) is 0 Å². The summed E-state index contributed by atoms with van der Waals surface area (Å²) in [6, 6.07) is 15.1. The van der Waals surface area contributed by atoms with E-state index in [4.69, 9.17) is 9.47 Å². The molecule has 13 heteroatoms. The minimum Gasteiger partial charge on any atom is -0.487 e. The van der Waals surface area contributed by atoms with Gasteiger partial charge in [0.15, 0.2) is 0 Å². The van der Waals surface area contributed by atoms with E-state index >= 15 is 0 Å². The van der Waals surface area contributed by atoms with Gasteiger partial charge in [0, 0.05) is 25.7 Å². The molecule has 0 aliphatic rings. The van der Waals surface area contributed by atoms with Crippen LogP contribution in [-0.2, 0) is 20.7 Å². The van der Waals surface area contributed by atoms with E-state index in [0.717, 1.165) is 24.0 Å². The fourth-order valence-electron chi connectivity index (χ4n) is 9.45. The van der Waals surface area contributed by atoms with Gasteiger partial charge in [-0.2, -0.15) is 0 Å². The van der Waals surface area contributed by atoms with Crippen molar-refractivity contribution in [3.63, 3.8) is 0 Å². The molecule has 0 fully saturated rings. The van der Waals surface area contributed by atoms with Gasteiger partial charge in [-0.15, -0.1) is 0 Å². The summed E-state index contributed by atoms with van der Waals surface area (Å²) in [6.07, 6.45) is -3.35. The molecule has 0 aliphatic heterocycles. The number of ether oxygens (including phenoxy) is 2. The van der Waals surface area contributed by atoms with Crippen LogP contribution >= 0.6 is 0 Å². The lowest BCUT2D eigenvalue weighted by atomic mass is 9.72. The molecule has 0 radical (unpaired) electrons. The Labute approximate surface area is 367 Å². The van der Waals surface area contributed by atoms with Gasteiger partial charge in [0.05, 0.1) is 62.3 Å². The van der Waals surface area contributed by atoms with Crippen molar-refractivity contribution < 1.29 is 58.7 Å². The van der Waals surface area contributed by atoms with Crippen LogP contribution in [0.3, 0.4) is 0 Å². The number of benzene rings is 2. The van der Waals surface area contributed by atoms with Crippen LogP contribution in [0, 0.1) is 10.8 Å². The first-order valence-electron chi connectivity index (χ1n) is 22.0. The molecule has 8 N–H and O–H groups in total. The van der Waals surface area contributed by atoms with Crippen LogP contribution in [0.25, 0.3) is 0 Å². The molecule has 4 unspecified atom stereocenters. The van der Waals surface area contributed by atoms with Crippen LogP contribution < -0.4 is 9.47 Å². The Balaban J connectivity index is 2.34. The van der Waals surface area contributed by atoms with Gasteiger partial charge in [-0.3, -0.25) is 0 Å². The summed E-state index contributed by atoms with van der Waals surface area (Å²) in [6.45, 7) is 19.5. The van der Waals surface area contributed by atoms with Crippen molar-refractivity contribution in [2.75, 3.05) is 37.9 Å². The molecule has 0 bridgehead atoms. The van der Waals surface area contributed by atoms with Crippen LogP contribution in [0.5, 0.6) is 11.5 Å². The van der Waals surface area contributed by atoms with Crippen LogP contribution in [0.15, 0.2) is 48.5 Å². The highest BCUT2D eigenvalue weighted by atomic mass is 32.2. The molecule has 2 aromatic carbocycles. The van der Waals surface area contributed by atoms with E-state index in [2.05, 4.69) is 69.2 Å². The average Bonchev–Trinajstić information content (AvgIpc) is 3.12. The largest absolute Gasteiger partial charge is 0.487 e. The van der Waals surface area contributed by atoms with Gasteiger partial charge < -0.3 is 50.3 Å². The normalized spacial score (nSPS) is 17.2. The summed E-state index contributed by atoms with van der Waals surface area (Å²) < 4.78 is 40.3. The molecule has 0 spiro atoms. The van der Waals surface area contributed by atoms with Crippen LogP contribution in [0.2, 0.25) is 0 Å². The first-order valence-corrected chi connectivity index (χ1v) is 23.8. The molecule has 12 nitrogen and oxygen atoms in total. The van der Waals surface area contributed by atoms with Crippen LogP contribution in [0.4, 0.5) is 0 Å². The second-order valence-electron chi connectivity index (χ2n) is 21.4. The first kappa shape index (κ1) is 54.8. The van der Waals surface area contributed by atoms with Crippen molar-refractivity contribution in [2.24, 2.45) is 10.8 Å². The highest BCUT2D eigenvalue weighted by molar-refractivity contribution is 7.91. The Morgan fingerprint density at radius 2 is 0.738 bits per heavy atom. The second kappa shape index (κ2) is 23.0. The lowest BCUT2D eigenvalue weighted by molar-refractivity contribution is -0.0518. The molecule has 0 amide bonds. The molecule has 61 heavy (non-hydrogen) atoms. The van der Waals surface area contributed by atoms with E-state index < -0.39 is 71.9 Å². The van der Waals surface area contributed by atoms with Gasteiger partial charge in [0.1, 0.15) is 32.5 Å². The molecule has 0 aromatic heterocycles. The maximum atomic E-state index is 13.7. The Morgan fingerprint density at radius 1 is 0.475 bits per heavy atom. The topological polar surface area (TPSA) is 214 Å². The average molecular weight is 883 g/mol. The standard InChI is InChI=1S/C48H82O12S/c1-43(2,3)33-45(7,8)35-13-17-41(18-14-35)59-47(25-37(53)29-49,26-38(54)30-50)21-11-23-61(57,58)24-12-22-48(27-39(55)31-51,28-40(56)32-52)60-42-19-15-36(16-20-42)46(9,10)34-44(4,5)6/h13-20,37-40,49-56H,11-12,21-34H2,1-10H3. The maximum Gasteiger partial charge on any atom is 0.150 e. The van der Waals surface area contributed by atoms with Crippen molar-refractivity contribution in [3.05, 3.63) is 59.7 Å². The van der Waals surface area contributed by atoms with Gasteiger partial charge in [0.25, 0.3) is 0 Å². The van der Waals surface area contributed by atoms with Gasteiger partial charge in [-0.25, -0.2) is 8.42 Å². The zero-order valence-corrected chi connectivity index (χ0v) is 39.7. The summed E-state index contributed by atoms with van der Waals surface area (Å²) >= 11 is 0. The van der Waals surface area contributed by atoms with Crippen molar-refractivity contribution in [3.8, 4) is 11.5 Å². The van der Waals surface area contributed by atoms with E-state index in [0.29, 0.717) is 11.5 Å². The van der Waals surface area contributed by atoms with Gasteiger partial charge in [0.2, 0.25) is 0 Å². The van der Waals surface area contributed by atoms with E-state index in [1.165, 1.54) is 0 Å². The number of hydrogen-bond donors (Lipinski definition) is 8. The summed E-state index contributed by atoms with van der Waals surface area (Å²) in [4.78, 5) is 0. The molecule has 0 saturated carbocycles. The molecule has 0 aliphatic carbocycles. The molecule has 0 saturated heterocycles. The number of sulfone groups is 1. The number of rotatable bonds is 28. The van der Waals surface area contributed by atoms with E-state index in [-0.39, 0.29) is 84.5 Å². The number of aliphatic hydroxyl groups is 8. The SMILES string of the molecule is CC(C)(C)CC(C)(C)c1ccc(OC(CCCS(=O)(=O)CCCC(CC(O)CO)(CC(O)CO)Oc2ccc(C(C)(C)CC(C)(C)C)cc2)(CC(O)CO)CC(O)CO)cc1. The second-order valence-corrected chi connectivity index (χ2v) is 23.7. The minimum atomic E-state index is -3.74. The molecule has 352 valence electrons. The fourth-order valence-corrected chi connectivity index (χ4v) is 10.8. The van der Waals surface area contributed by atoms with E-state index in [1.54, 1.807) is 24.3 Å². The Kier molecular flexibility index (Phi) is 20.7. The van der Waals surface area contributed by atoms with Crippen molar-refractivity contribution in [2.45, 2.75) is 180 Å². The predicted octanol–water partition coefficient (Wildman–Crippen LogP) is 6.00. The summed E-state index contributed by atoms with van der Waals surface area (Å²) in [5.74, 6) is 0.313. The van der Waals surface area contributed by atoms with Crippen molar-refractivity contribution >= 4 is 9.84 Å². The molecule has 2 aromatic rings. The summed E-state index contributed by atoms with van der Waals surface area (Å²) in [5, 5.41) is 81.9. The van der Waals surface area contributed by atoms with Crippen molar-refractivity contribution in [1.29, 1.82) is 0 Å². The monoisotopic (exact) mass is 883 g/mol. The third-order valence-corrected chi connectivity index (χ3v) is 13.2. The zero-order valence-electron chi connectivity index (χ0n) is 38.9. The fraction of sp³-hybridized carbons (Fsp3) is 0.750.